The molecule has 0 bridgehead atoms. The Morgan fingerprint density at radius 3 is 2.59 bits per heavy atom. The summed E-state index contributed by atoms with van der Waals surface area (Å²) in [4.78, 5) is 13.8. The molecule has 3 nitrogen and oxygen atoms in total. The van der Waals surface area contributed by atoms with E-state index >= 15 is 0 Å². The van der Waals surface area contributed by atoms with Gasteiger partial charge in [0.2, 0.25) is 0 Å². The summed E-state index contributed by atoms with van der Waals surface area (Å²) in [6.07, 6.45) is 3.17. The molecule has 1 aromatic carbocycles. The van der Waals surface area contributed by atoms with Crippen LogP contribution in [0.1, 0.15) is 25.3 Å². The topological polar surface area (TPSA) is 32.3 Å². The summed E-state index contributed by atoms with van der Waals surface area (Å²) in [5.74, 6) is 0. The minimum atomic E-state index is 0.0888. The molecule has 1 N–H and O–H groups in total. The molecule has 2 amide bonds. The highest BCUT2D eigenvalue weighted by molar-refractivity contribution is 5.74. The summed E-state index contributed by atoms with van der Waals surface area (Å²) in [5, 5.41) is 3.06. The van der Waals surface area contributed by atoms with Crippen molar-refractivity contribution < 1.29 is 4.79 Å². The first-order valence-corrected chi connectivity index (χ1v) is 6.35. The first-order valence-electron chi connectivity index (χ1n) is 6.35. The highest BCUT2D eigenvalue weighted by Crippen LogP contribution is 2.08. The normalized spacial score (nSPS) is 16.9. The zero-order chi connectivity index (χ0) is 12.1. The lowest BCUT2D eigenvalue weighted by atomic mass is 10.1. The van der Waals surface area contributed by atoms with Gasteiger partial charge >= 0.3 is 6.03 Å². The second-order valence-corrected chi connectivity index (χ2v) is 4.73. The van der Waals surface area contributed by atoms with Crippen LogP contribution >= 0.6 is 0 Å². The van der Waals surface area contributed by atoms with E-state index in [1.807, 2.05) is 23.1 Å². The standard InChI is InChI=1S/C14H20N2O/c1-12(11-13-7-3-2-4-8-13)15-14(17)16-9-5-6-10-16/h2-4,7-8,12H,5-6,9-11H2,1H3,(H,15,17). The zero-order valence-corrected chi connectivity index (χ0v) is 10.4. The van der Waals surface area contributed by atoms with E-state index in [-0.39, 0.29) is 12.1 Å². The van der Waals surface area contributed by atoms with Crippen LogP contribution in [0.4, 0.5) is 4.79 Å². The van der Waals surface area contributed by atoms with Gasteiger partial charge in [0.05, 0.1) is 0 Å². The fourth-order valence-electron chi connectivity index (χ4n) is 2.24. The third-order valence-corrected chi connectivity index (χ3v) is 3.15. The van der Waals surface area contributed by atoms with Crippen LogP contribution in [0.15, 0.2) is 30.3 Å². The molecule has 0 aliphatic carbocycles. The van der Waals surface area contributed by atoms with E-state index in [9.17, 15) is 4.79 Å². The van der Waals surface area contributed by atoms with Gasteiger partial charge in [-0.05, 0) is 31.7 Å². The molecule has 92 valence electrons. The number of hydrogen-bond acceptors (Lipinski definition) is 1. The molecule has 1 aliphatic heterocycles. The van der Waals surface area contributed by atoms with Crippen molar-refractivity contribution in [2.24, 2.45) is 0 Å². The molecule has 0 saturated carbocycles. The highest BCUT2D eigenvalue weighted by Gasteiger charge is 2.18. The molecule has 1 fully saturated rings. The van der Waals surface area contributed by atoms with Crippen molar-refractivity contribution in [2.45, 2.75) is 32.2 Å². The quantitative estimate of drug-likeness (QED) is 0.853. The lowest BCUT2D eigenvalue weighted by Gasteiger charge is -2.20. The molecule has 1 saturated heterocycles. The predicted molar refractivity (Wildman–Crippen MR) is 68.9 cm³/mol. The maximum absolute atomic E-state index is 11.9. The van der Waals surface area contributed by atoms with Crippen LogP contribution in [0.2, 0.25) is 0 Å². The van der Waals surface area contributed by atoms with Crippen LogP contribution in [0, 0.1) is 0 Å². The summed E-state index contributed by atoms with van der Waals surface area (Å²) in [5.41, 5.74) is 1.27. The van der Waals surface area contributed by atoms with Gasteiger partial charge in [-0.2, -0.15) is 0 Å². The Morgan fingerprint density at radius 1 is 1.29 bits per heavy atom. The molecule has 1 aromatic rings. The van der Waals surface area contributed by atoms with Crippen molar-refractivity contribution in [3.05, 3.63) is 35.9 Å². The van der Waals surface area contributed by atoms with E-state index < -0.39 is 0 Å². The molecule has 0 aromatic heterocycles. The van der Waals surface area contributed by atoms with Crippen LogP contribution in [-0.2, 0) is 6.42 Å². The second kappa shape index (κ2) is 5.71. The fourth-order valence-corrected chi connectivity index (χ4v) is 2.24. The Kier molecular flexibility index (Phi) is 4.02. The molecule has 1 heterocycles. The molecule has 1 atom stereocenters. The Labute approximate surface area is 103 Å². The van der Waals surface area contributed by atoms with Crippen molar-refractivity contribution in [3.63, 3.8) is 0 Å². The van der Waals surface area contributed by atoms with Crippen LogP contribution in [0.25, 0.3) is 0 Å². The van der Waals surface area contributed by atoms with E-state index in [1.165, 1.54) is 5.56 Å². The summed E-state index contributed by atoms with van der Waals surface area (Å²) < 4.78 is 0. The number of urea groups is 1. The van der Waals surface area contributed by atoms with E-state index in [1.54, 1.807) is 0 Å². The average molecular weight is 232 g/mol. The molecular weight excluding hydrogens is 212 g/mol. The van der Waals surface area contributed by atoms with E-state index in [2.05, 4.69) is 24.4 Å². The molecule has 1 aliphatic rings. The molecule has 3 heteroatoms. The number of carbonyl (C=O) groups excluding carboxylic acids is 1. The molecular formula is C14H20N2O. The Bertz CT molecular complexity index is 358. The van der Waals surface area contributed by atoms with Crippen molar-refractivity contribution in [3.8, 4) is 0 Å². The lowest BCUT2D eigenvalue weighted by Crippen LogP contribution is -2.43. The number of amides is 2. The van der Waals surface area contributed by atoms with Gasteiger partial charge in [-0.1, -0.05) is 30.3 Å². The lowest BCUT2D eigenvalue weighted by molar-refractivity contribution is 0.205. The summed E-state index contributed by atoms with van der Waals surface area (Å²) in [7, 11) is 0. The number of likely N-dealkylation sites (tertiary alicyclic amines) is 1. The van der Waals surface area contributed by atoms with E-state index in [0.717, 1.165) is 32.4 Å². The van der Waals surface area contributed by atoms with Gasteiger partial charge in [0.15, 0.2) is 0 Å². The maximum atomic E-state index is 11.9. The van der Waals surface area contributed by atoms with Gasteiger partial charge in [-0.3, -0.25) is 0 Å². The van der Waals surface area contributed by atoms with Crippen molar-refractivity contribution >= 4 is 6.03 Å². The average Bonchev–Trinajstić information content (AvgIpc) is 2.83. The third-order valence-electron chi connectivity index (χ3n) is 3.15. The van der Waals surface area contributed by atoms with Gasteiger partial charge in [0.1, 0.15) is 0 Å². The highest BCUT2D eigenvalue weighted by atomic mass is 16.2. The number of nitrogens with one attached hydrogen (secondary N) is 1. The summed E-state index contributed by atoms with van der Waals surface area (Å²) >= 11 is 0. The fraction of sp³-hybridized carbons (Fsp3) is 0.500. The van der Waals surface area contributed by atoms with Gasteiger partial charge in [0.25, 0.3) is 0 Å². The third kappa shape index (κ3) is 3.48. The van der Waals surface area contributed by atoms with Crippen molar-refractivity contribution in [1.29, 1.82) is 0 Å². The molecule has 1 unspecified atom stereocenters. The molecule has 2 rings (SSSR count). The summed E-state index contributed by atoms with van der Waals surface area (Å²) in [6.45, 7) is 3.87. The Morgan fingerprint density at radius 2 is 1.94 bits per heavy atom. The SMILES string of the molecule is CC(Cc1ccccc1)NC(=O)N1CCCC1. The number of carbonyl (C=O) groups is 1. The second-order valence-electron chi connectivity index (χ2n) is 4.73. The molecule has 0 spiro atoms. The van der Waals surface area contributed by atoms with Gasteiger partial charge in [-0.15, -0.1) is 0 Å². The van der Waals surface area contributed by atoms with E-state index in [0.29, 0.717) is 0 Å². The van der Waals surface area contributed by atoms with Crippen molar-refractivity contribution in [1.82, 2.24) is 10.2 Å². The van der Waals surface area contributed by atoms with Gasteiger partial charge in [-0.25, -0.2) is 4.79 Å². The predicted octanol–water partition coefficient (Wildman–Crippen LogP) is 2.42. The monoisotopic (exact) mass is 232 g/mol. The number of nitrogens with zero attached hydrogens (tertiary/aromatic N) is 1. The minimum absolute atomic E-state index is 0.0888. The Balaban J connectivity index is 1.80. The number of rotatable bonds is 3. The largest absolute Gasteiger partial charge is 0.335 e. The van der Waals surface area contributed by atoms with Gasteiger partial charge in [0, 0.05) is 19.1 Å². The first kappa shape index (κ1) is 12.0. The maximum Gasteiger partial charge on any atom is 0.317 e. The number of benzene rings is 1. The van der Waals surface area contributed by atoms with Gasteiger partial charge < -0.3 is 10.2 Å². The van der Waals surface area contributed by atoms with Crippen LogP contribution in [-0.4, -0.2) is 30.1 Å². The van der Waals surface area contributed by atoms with Crippen LogP contribution < -0.4 is 5.32 Å². The molecule has 17 heavy (non-hydrogen) atoms. The molecule has 0 radical (unpaired) electrons. The number of hydrogen-bond donors (Lipinski definition) is 1. The smallest absolute Gasteiger partial charge is 0.317 e. The van der Waals surface area contributed by atoms with Crippen LogP contribution in [0.5, 0.6) is 0 Å². The minimum Gasteiger partial charge on any atom is -0.335 e. The van der Waals surface area contributed by atoms with Crippen LogP contribution in [0.3, 0.4) is 0 Å². The van der Waals surface area contributed by atoms with Crippen molar-refractivity contribution in [2.75, 3.05) is 13.1 Å². The van der Waals surface area contributed by atoms with E-state index in [4.69, 9.17) is 0 Å². The first-order chi connectivity index (χ1) is 8.25. The zero-order valence-electron chi connectivity index (χ0n) is 10.4. The summed E-state index contributed by atoms with van der Waals surface area (Å²) in [6, 6.07) is 10.5. The Hall–Kier alpha value is -1.51.